The molecule has 0 rings (SSSR count). The minimum Gasteiger partial charge on any atom is -0.387 e. The molecule has 0 fully saturated rings. The lowest BCUT2D eigenvalue weighted by Crippen LogP contribution is -2.45. The van der Waals surface area contributed by atoms with Crippen molar-refractivity contribution < 1.29 is 32.9 Å². The van der Waals surface area contributed by atoms with Crippen molar-refractivity contribution in [2.24, 2.45) is 0 Å². The molecule has 0 aromatic rings. The van der Waals surface area contributed by atoms with Crippen molar-refractivity contribution in [2.45, 2.75) is 244 Å². The first-order valence-corrected chi connectivity index (χ1v) is 26.2. The normalized spacial score (nSPS) is 14.4. The second-order valence-corrected chi connectivity index (χ2v) is 19.6. The fourth-order valence-corrected chi connectivity index (χ4v) is 7.96. The van der Waals surface area contributed by atoms with Crippen LogP contribution in [-0.2, 0) is 18.4 Å². The van der Waals surface area contributed by atoms with Crippen LogP contribution in [0.3, 0.4) is 0 Å². The summed E-state index contributed by atoms with van der Waals surface area (Å²) in [7, 11) is 1.56. The predicted octanol–water partition coefficient (Wildman–Crippen LogP) is 14.1. The minimum atomic E-state index is -4.33. The van der Waals surface area contributed by atoms with Crippen molar-refractivity contribution in [3.8, 4) is 0 Å². The van der Waals surface area contributed by atoms with Crippen LogP contribution in [0.4, 0.5) is 0 Å². The molecule has 3 unspecified atom stereocenters. The molecule has 0 aliphatic heterocycles. The second kappa shape index (κ2) is 41.3. The molecule has 58 heavy (non-hydrogen) atoms. The summed E-state index contributed by atoms with van der Waals surface area (Å²) in [5.74, 6) is -0.187. The Balaban J connectivity index is 3.98. The van der Waals surface area contributed by atoms with Gasteiger partial charge in [0.2, 0.25) is 5.91 Å². The van der Waals surface area contributed by atoms with E-state index in [1.54, 1.807) is 6.08 Å². The topological polar surface area (TPSA) is 105 Å². The minimum absolute atomic E-state index is 0.0577. The highest BCUT2D eigenvalue weighted by Gasteiger charge is 2.27. The number of aliphatic hydroxyl groups excluding tert-OH is 1. The fourth-order valence-electron chi connectivity index (χ4n) is 7.22. The number of hydrogen-bond acceptors (Lipinski definition) is 5. The molecule has 9 heteroatoms. The largest absolute Gasteiger partial charge is 0.472 e. The average Bonchev–Trinajstić information content (AvgIpc) is 3.17. The van der Waals surface area contributed by atoms with Gasteiger partial charge in [0, 0.05) is 6.42 Å². The number of rotatable bonds is 45. The molecular weight excluding hydrogens is 744 g/mol. The highest BCUT2D eigenvalue weighted by Crippen LogP contribution is 2.43. The third kappa shape index (κ3) is 43.1. The number of unbranched alkanes of at least 4 members (excludes halogenated alkanes) is 30. The lowest BCUT2D eigenvalue weighted by molar-refractivity contribution is -0.870. The average molecular weight is 842 g/mol. The summed E-state index contributed by atoms with van der Waals surface area (Å²) in [4.78, 5) is 23.0. The Morgan fingerprint density at radius 1 is 0.569 bits per heavy atom. The molecule has 0 aliphatic rings. The Labute approximate surface area is 360 Å². The van der Waals surface area contributed by atoms with E-state index < -0.39 is 20.0 Å². The third-order valence-corrected chi connectivity index (χ3v) is 12.2. The van der Waals surface area contributed by atoms with E-state index in [-0.39, 0.29) is 19.1 Å². The van der Waals surface area contributed by atoms with Crippen LogP contribution in [0.1, 0.15) is 232 Å². The number of nitrogens with one attached hydrogen (secondary N) is 1. The smallest absolute Gasteiger partial charge is 0.387 e. The van der Waals surface area contributed by atoms with Gasteiger partial charge in [0.05, 0.1) is 39.9 Å². The molecule has 1 amide bonds. The molecular formula is C49H98N2O6P+. The predicted molar refractivity (Wildman–Crippen MR) is 249 cm³/mol. The van der Waals surface area contributed by atoms with Crippen molar-refractivity contribution in [1.29, 1.82) is 0 Å². The maximum atomic E-state index is 12.8. The van der Waals surface area contributed by atoms with E-state index in [4.69, 9.17) is 9.05 Å². The molecule has 3 atom stereocenters. The standard InChI is InChI=1S/C49H97N2O6P/c1-6-8-10-12-14-16-17-18-19-20-21-22-23-24-25-26-27-28-29-30-31-32-33-34-35-37-39-41-43-49(53)50-47(46-57-58(54,55)56-45-44-51(3,4)5)48(52)42-40-38-36-15-13-11-9-7-2/h13,15,40,42,47-48,52H,6-12,14,16-39,41,43-46H2,1-5H3,(H-,50,53,54,55)/p+1/b15-13+,42-40+. The number of amides is 1. The van der Waals surface area contributed by atoms with Crippen molar-refractivity contribution in [1.82, 2.24) is 5.32 Å². The molecule has 8 nitrogen and oxygen atoms in total. The molecule has 0 spiro atoms. The maximum absolute atomic E-state index is 12.8. The highest BCUT2D eigenvalue weighted by molar-refractivity contribution is 7.47. The molecule has 0 aromatic heterocycles. The quantitative estimate of drug-likeness (QED) is 0.0244. The lowest BCUT2D eigenvalue weighted by atomic mass is 10.0. The number of carbonyl (C=O) groups excluding carboxylic acids is 1. The third-order valence-electron chi connectivity index (χ3n) is 11.2. The summed E-state index contributed by atoms with van der Waals surface area (Å²) in [6.07, 6.45) is 50.2. The Kier molecular flexibility index (Phi) is 40.6. The Bertz CT molecular complexity index is 1000. The first-order valence-electron chi connectivity index (χ1n) is 24.7. The highest BCUT2D eigenvalue weighted by atomic mass is 31.2. The number of allylic oxidation sites excluding steroid dienone is 3. The molecule has 0 aliphatic carbocycles. The van der Waals surface area contributed by atoms with E-state index in [1.165, 1.54) is 173 Å². The Morgan fingerprint density at radius 2 is 0.948 bits per heavy atom. The van der Waals surface area contributed by atoms with Gasteiger partial charge >= 0.3 is 7.82 Å². The number of phosphoric ester groups is 1. The van der Waals surface area contributed by atoms with Crippen LogP contribution < -0.4 is 5.32 Å². The van der Waals surface area contributed by atoms with Crippen molar-refractivity contribution in [3.63, 3.8) is 0 Å². The summed E-state index contributed by atoms with van der Waals surface area (Å²) in [5.41, 5.74) is 0. The lowest BCUT2D eigenvalue weighted by Gasteiger charge is -2.25. The van der Waals surface area contributed by atoms with Gasteiger partial charge in [-0.2, -0.15) is 0 Å². The van der Waals surface area contributed by atoms with Crippen molar-refractivity contribution in [2.75, 3.05) is 40.9 Å². The number of phosphoric acid groups is 1. The molecule has 0 heterocycles. The summed E-state index contributed by atoms with van der Waals surface area (Å²) in [5, 5.41) is 13.7. The number of aliphatic hydroxyl groups is 1. The van der Waals surface area contributed by atoms with Crippen LogP contribution in [-0.4, -0.2) is 73.4 Å². The monoisotopic (exact) mass is 842 g/mol. The SMILES string of the molecule is CCCC/C=C/CC/C=C/C(O)C(COP(=O)(O)OCC[N+](C)(C)C)NC(=O)CCCCCCCCCCCCCCCCCCCCCCCCCCCCCC. The van der Waals surface area contributed by atoms with Crippen LogP contribution >= 0.6 is 7.82 Å². The molecule has 0 saturated heterocycles. The summed E-state index contributed by atoms with van der Waals surface area (Å²) >= 11 is 0. The zero-order chi connectivity index (χ0) is 42.8. The van der Waals surface area contributed by atoms with Crippen molar-refractivity contribution >= 4 is 13.7 Å². The second-order valence-electron chi connectivity index (χ2n) is 18.2. The molecule has 344 valence electrons. The molecule has 0 bridgehead atoms. The molecule has 0 saturated carbocycles. The van der Waals surface area contributed by atoms with E-state index in [1.807, 2.05) is 27.2 Å². The van der Waals surface area contributed by atoms with E-state index in [0.717, 1.165) is 38.5 Å². The van der Waals surface area contributed by atoms with Gasteiger partial charge in [-0.05, 0) is 25.7 Å². The van der Waals surface area contributed by atoms with Crippen LogP contribution in [0.5, 0.6) is 0 Å². The summed E-state index contributed by atoms with van der Waals surface area (Å²) in [6, 6.07) is -0.856. The number of hydrogen-bond donors (Lipinski definition) is 3. The summed E-state index contributed by atoms with van der Waals surface area (Å²) < 4.78 is 23.5. The van der Waals surface area contributed by atoms with Crippen LogP contribution in [0, 0.1) is 0 Å². The first-order chi connectivity index (χ1) is 28.0. The van der Waals surface area contributed by atoms with E-state index in [9.17, 15) is 19.4 Å². The van der Waals surface area contributed by atoms with E-state index in [2.05, 4.69) is 31.3 Å². The number of quaternary nitrogens is 1. The Morgan fingerprint density at radius 3 is 1.36 bits per heavy atom. The zero-order valence-electron chi connectivity index (χ0n) is 39.0. The van der Waals surface area contributed by atoms with Gasteiger partial charge in [-0.3, -0.25) is 13.8 Å². The van der Waals surface area contributed by atoms with E-state index >= 15 is 0 Å². The van der Waals surface area contributed by atoms with Crippen molar-refractivity contribution in [3.05, 3.63) is 24.3 Å². The van der Waals surface area contributed by atoms with Crippen LogP contribution in [0.25, 0.3) is 0 Å². The molecule has 0 aromatic carbocycles. The van der Waals surface area contributed by atoms with Gasteiger partial charge in [-0.1, -0.05) is 224 Å². The van der Waals surface area contributed by atoms with Crippen LogP contribution in [0.15, 0.2) is 24.3 Å². The zero-order valence-corrected chi connectivity index (χ0v) is 39.9. The van der Waals surface area contributed by atoms with Gasteiger partial charge in [-0.15, -0.1) is 0 Å². The molecule has 0 radical (unpaired) electrons. The van der Waals surface area contributed by atoms with Gasteiger partial charge in [0.1, 0.15) is 13.2 Å². The van der Waals surface area contributed by atoms with Gasteiger partial charge in [0.25, 0.3) is 0 Å². The van der Waals surface area contributed by atoms with E-state index in [0.29, 0.717) is 17.4 Å². The fraction of sp³-hybridized carbons (Fsp3) is 0.898. The Hall–Kier alpha value is -1.02. The molecule has 3 N–H and O–H groups in total. The number of nitrogens with zero attached hydrogens (tertiary/aromatic N) is 1. The van der Waals surface area contributed by atoms with Gasteiger partial charge < -0.3 is 19.8 Å². The van der Waals surface area contributed by atoms with Gasteiger partial charge in [-0.25, -0.2) is 4.57 Å². The van der Waals surface area contributed by atoms with Crippen LogP contribution in [0.2, 0.25) is 0 Å². The first kappa shape index (κ1) is 57.0. The maximum Gasteiger partial charge on any atom is 0.472 e. The van der Waals surface area contributed by atoms with Gasteiger partial charge in [0.15, 0.2) is 0 Å². The summed E-state index contributed by atoms with van der Waals surface area (Å²) in [6.45, 7) is 4.73. The number of likely N-dealkylation sites (N-methyl/N-ethyl adjacent to an activating group) is 1. The number of carbonyl (C=O) groups is 1.